The topological polar surface area (TPSA) is 115 Å². The van der Waals surface area contributed by atoms with E-state index in [0.29, 0.717) is 40.6 Å². The molecule has 1 aliphatic heterocycles. The van der Waals surface area contributed by atoms with Crippen LogP contribution in [0.4, 0.5) is 11.5 Å². The van der Waals surface area contributed by atoms with Crippen molar-refractivity contribution in [3.05, 3.63) is 47.1 Å². The minimum atomic E-state index is -1.01. The Kier molecular flexibility index (Phi) is 7.53. The Morgan fingerprint density at radius 2 is 1.93 bits per heavy atom. The highest BCUT2D eigenvalue weighted by molar-refractivity contribution is 6.32. The summed E-state index contributed by atoms with van der Waals surface area (Å²) < 4.78 is 5.59. The first kappa shape index (κ1) is 28.1. The van der Waals surface area contributed by atoms with E-state index < -0.39 is 17.7 Å². The molecule has 2 heterocycles. The van der Waals surface area contributed by atoms with Crippen LogP contribution in [0.2, 0.25) is 5.02 Å². The molecule has 1 aromatic carbocycles. The number of benzene rings is 1. The van der Waals surface area contributed by atoms with E-state index in [1.165, 1.54) is 0 Å². The predicted molar refractivity (Wildman–Crippen MR) is 157 cm³/mol. The zero-order chi connectivity index (χ0) is 28.9. The van der Waals surface area contributed by atoms with Crippen molar-refractivity contribution < 1.29 is 24.5 Å². The quantitative estimate of drug-likeness (QED) is 0.420. The molecule has 3 N–H and O–H groups in total. The first-order chi connectivity index (χ1) is 19.6. The van der Waals surface area contributed by atoms with Crippen molar-refractivity contribution in [2.75, 3.05) is 29.4 Å². The maximum Gasteiger partial charge on any atom is 0.344 e. The van der Waals surface area contributed by atoms with E-state index in [1.807, 2.05) is 24.3 Å². The average molecular weight is 583 g/mol. The number of nitrogens with zero attached hydrogens (tertiary/aromatic N) is 3. The van der Waals surface area contributed by atoms with Gasteiger partial charge in [-0.2, -0.15) is 0 Å². The number of aromatic nitrogens is 1. The number of hydrogen-bond donors (Lipinski definition) is 3. The number of hydrogen-bond acceptors (Lipinski definition) is 7. The summed E-state index contributed by atoms with van der Waals surface area (Å²) >= 11 is 6.46. The van der Waals surface area contributed by atoms with Crippen molar-refractivity contribution in [2.45, 2.75) is 76.2 Å². The first-order valence-electron chi connectivity index (χ1n) is 14.8. The third kappa shape index (κ3) is 5.58. The molecule has 220 valence electrons. The predicted octanol–water partition coefficient (Wildman–Crippen LogP) is 4.36. The molecule has 1 aromatic heterocycles. The zero-order valence-corrected chi connectivity index (χ0v) is 24.4. The van der Waals surface area contributed by atoms with E-state index >= 15 is 0 Å². The van der Waals surface area contributed by atoms with Crippen LogP contribution in [0, 0.1) is 17.8 Å². The molecule has 0 radical (unpaired) electrons. The first-order valence-corrected chi connectivity index (χ1v) is 15.2. The summed E-state index contributed by atoms with van der Waals surface area (Å²) in [5.41, 5.74) is 0.853. The SMILES string of the molecule is CCC(Oc1ccc(N2CCN(c3cccc(C(=O)NC4C5CC6CC4CC(O)(C6)C5)n3)[C@H](C)C2)cc1Cl)C(=O)O. The lowest BCUT2D eigenvalue weighted by Gasteiger charge is -2.58. The van der Waals surface area contributed by atoms with Crippen molar-refractivity contribution >= 4 is 35.0 Å². The number of amides is 1. The third-order valence-electron chi connectivity index (χ3n) is 9.62. The summed E-state index contributed by atoms with van der Waals surface area (Å²) in [6.45, 7) is 6.09. The number of aliphatic hydroxyl groups is 1. The Balaban J connectivity index is 1.09. The van der Waals surface area contributed by atoms with Crippen LogP contribution in [-0.4, -0.2) is 70.5 Å². The van der Waals surface area contributed by atoms with Gasteiger partial charge in [0.05, 0.1) is 10.6 Å². The van der Waals surface area contributed by atoms with Crippen molar-refractivity contribution in [2.24, 2.45) is 17.8 Å². The number of pyridine rings is 1. The Labute approximate surface area is 245 Å². The van der Waals surface area contributed by atoms with Gasteiger partial charge in [0.1, 0.15) is 17.3 Å². The molecule has 3 unspecified atom stereocenters. The number of carbonyl (C=O) groups excluding carboxylic acids is 1. The third-order valence-corrected chi connectivity index (χ3v) is 9.92. The van der Waals surface area contributed by atoms with Crippen LogP contribution in [0.1, 0.15) is 62.9 Å². The highest BCUT2D eigenvalue weighted by atomic mass is 35.5. The van der Waals surface area contributed by atoms with Crippen LogP contribution >= 0.6 is 11.6 Å². The van der Waals surface area contributed by atoms with Crippen LogP contribution in [0.3, 0.4) is 0 Å². The number of anilines is 2. The summed E-state index contributed by atoms with van der Waals surface area (Å²) in [5.74, 6) is 1.30. The molecule has 1 saturated heterocycles. The second kappa shape index (κ2) is 11.0. The lowest BCUT2D eigenvalue weighted by Crippen LogP contribution is -2.61. The molecule has 41 heavy (non-hydrogen) atoms. The number of carboxylic acid groups (broad SMARTS) is 1. The maximum absolute atomic E-state index is 13.3. The zero-order valence-electron chi connectivity index (χ0n) is 23.6. The number of aliphatic carboxylic acids is 1. The molecule has 2 aromatic rings. The molecule has 4 saturated carbocycles. The molecule has 4 atom stereocenters. The molecule has 7 rings (SSSR count). The van der Waals surface area contributed by atoms with Gasteiger partial charge < -0.3 is 30.1 Å². The smallest absolute Gasteiger partial charge is 0.344 e. The van der Waals surface area contributed by atoms with Gasteiger partial charge in [-0.1, -0.05) is 24.6 Å². The van der Waals surface area contributed by atoms with Gasteiger partial charge in [-0.3, -0.25) is 4.79 Å². The standard InChI is InChI=1S/C31H39ClN4O5/c1-3-25(30(38)39)41-26-8-7-22(13-23(26)32)35-9-10-36(18(2)17-35)27-6-4-5-24(33-27)29(37)34-28-20-11-19-12-21(28)16-31(40,14-19)15-20/h4-8,13,18-21,25,28,40H,3,9-12,14-17H2,1-2H3,(H,34,37)(H,38,39)/t18-,19?,20?,21?,25?,28?,31?/m1/s1. The molecule has 5 aliphatic rings. The van der Waals surface area contributed by atoms with E-state index in [-0.39, 0.29) is 18.0 Å². The van der Waals surface area contributed by atoms with Gasteiger partial charge in [-0.05, 0) is 93.5 Å². The highest BCUT2D eigenvalue weighted by Crippen LogP contribution is 2.55. The number of carboxylic acids is 1. The monoisotopic (exact) mass is 582 g/mol. The van der Waals surface area contributed by atoms with Crippen LogP contribution in [-0.2, 0) is 4.79 Å². The number of rotatable bonds is 8. The van der Waals surface area contributed by atoms with Gasteiger partial charge in [0, 0.05) is 37.4 Å². The minimum Gasteiger partial charge on any atom is -0.479 e. The van der Waals surface area contributed by atoms with E-state index in [2.05, 4.69) is 22.0 Å². The van der Waals surface area contributed by atoms with Gasteiger partial charge in [0.25, 0.3) is 5.91 Å². The average Bonchev–Trinajstić information content (AvgIpc) is 2.93. The maximum atomic E-state index is 13.3. The second-order valence-electron chi connectivity index (χ2n) is 12.5. The van der Waals surface area contributed by atoms with Gasteiger partial charge in [-0.25, -0.2) is 9.78 Å². The highest BCUT2D eigenvalue weighted by Gasteiger charge is 2.55. The summed E-state index contributed by atoms with van der Waals surface area (Å²) in [6.07, 6.45) is 4.12. The molecule has 1 amide bonds. The number of nitrogens with one attached hydrogen (secondary N) is 1. The Bertz CT molecular complexity index is 1310. The van der Waals surface area contributed by atoms with Crippen LogP contribution in [0.5, 0.6) is 5.75 Å². The van der Waals surface area contributed by atoms with Crippen molar-refractivity contribution in [3.8, 4) is 5.75 Å². The van der Waals surface area contributed by atoms with Gasteiger partial charge in [0.15, 0.2) is 6.10 Å². The van der Waals surface area contributed by atoms with E-state index in [1.54, 1.807) is 19.1 Å². The van der Waals surface area contributed by atoms with E-state index in [4.69, 9.17) is 21.3 Å². The number of halogens is 1. The Hall–Kier alpha value is -3.04. The summed E-state index contributed by atoms with van der Waals surface area (Å²) in [4.78, 5) is 33.9. The largest absolute Gasteiger partial charge is 0.479 e. The molecule has 0 spiro atoms. The fourth-order valence-electron chi connectivity index (χ4n) is 7.93. The fraction of sp³-hybridized carbons (Fsp3) is 0.581. The molecule has 5 fully saturated rings. The Morgan fingerprint density at radius 3 is 2.56 bits per heavy atom. The van der Waals surface area contributed by atoms with Gasteiger partial charge in [-0.15, -0.1) is 0 Å². The van der Waals surface area contributed by atoms with Crippen LogP contribution in [0.25, 0.3) is 0 Å². The molecule has 9 nitrogen and oxygen atoms in total. The van der Waals surface area contributed by atoms with Crippen LogP contribution < -0.4 is 19.9 Å². The fourth-order valence-corrected chi connectivity index (χ4v) is 8.15. The lowest BCUT2D eigenvalue weighted by molar-refractivity contribution is -0.145. The van der Waals surface area contributed by atoms with Crippen molar-refractivity contribution in [3.63, 3.8) is 0 Å². The van der Waals surface area contributed by atoms with E-state index in [0.717, 1.165) is 63.2 Å². The summed E-state index contributed by atoms with van der Waals surface area (Å²) in [7, 11) is 0. The number of ether oxygens (including phenoxy) is 1. The number of piperazine rings is 1. The molecule has 4 bridgehead atoms. The van der Waals surface area contributed by atoms with Gasteiger partial charge >= 0.3 is 5.97 Å². The van der Waals surface area contributed by atoms with Crippen molar-refractivity contribution in [1.29, 1.82) is 0 Å². The molecule has 10 heteroatoms. The number of carbonyl (C=O) groups is 2. The molecular weight excluding hydrogens is 544 g/mol. The molecular formula is C31H39ClN4O5. The summed E-state index contributed by atoms with van der Waals surface area (Å²) in [5, 5.41) is 23.9. The van der Waals surface area contributed by atoms with Crippen LogP contribution in [0.15, 0.2) is 36.4 Å². The minimum absolute atomic E-state index is 0.118. The Morgan fingerprint density at radius 1 is 1.17 bits per heavy atom. The normalized spacial score (nSPS) is 31.2. The lowest BCUT2D eigenvalue weighted by atomic mass is 9.52. The molecule has 4 aliphatic carbocycles. The van der Waals surface area contributed by atoms with E-state index in [9.17, 15) is 19.8 Å². The van der Waals surface area contributed by atoms with Gasteiger partial charge in [0.2, 0.25) is 0 Å². The summed E-state index contributed by atoms with van der Waals surface area (Å²) in [6, 6.07) is 11.3. The second-order valence-corrected chi connectivity index (χ2v) is 12.9. The van der Waals surface area contributed by atoms with Crippen molar-refractivity contribution in [1.82, 2.24) is 10.3 Å².